The Morgan fingerprint density at radius 2 is 1.85 bits per heavy atom. The Balaban J connectivity index is 1.64. The smallest absolute Gasteiger partial charge is 0.315 e. The van der Waals surface area contributed by atoms with E-state index >= 15 is 0 Å². The maximum Gasteiger partial charge on any atom is 0.315 e. The zero-order valence-electron chi connectivity index (χ0n) is 11.7. The van der Waals surface area contributed by atoms with Gasteiger partial charge in [0.05, 0.1) is 0 Å². The number of esters is 1. The lowest BCUT2D eigenvalue weighted by Gasteiger charge is -2.21. The van der Waals surface area contributed by atoms with E-state index < -0.39 is 15.7 Å². The van der Waals surface area contributed by atoms with Crippen LogP contribution in [0.2, 0.25) is 0 Å². The number of carbonyl (C=O) groups is 2. The van der Waals surface area contributed by atoms with Gasteiger partial charge in [0.1, 0.15) is 9.75 Å². The fourth-order valence-electron chi connectivity index (χ4n) is 2.61. The molecule has 0 spiro atoms. The highest BCUT2D eigenvalue weighted by molar-refractivity contribution is 6.53. The van der Waals surface area contributed by atoms with Crippen LogP contribution in [0.25, 0.3) is 0 Å². The van der Waals surface area contributed by atoms with Gasteiger partial charge < -0.3 is 10.1 Å². The van der Waals surface area contributed by atoms with Gasteiger partial charge in [0.25, 0.3) is 5.91 Å². The summed E-state index contributed by atoms with van der Waals surface area (Å²) in [6.07, 6.45) is 6.46. The Kier molecular flexibility index (Phi) is 4.85. The van der Waals surface area contributed by atoms with Gasteiger partial charge in [0.15, 0.2) is 6.61 Å². The van der Waals surface area contributed by atoms with Gasteiger partial charge in [-0.05, 0) is 25.7 Å². The lowest BCUT2D eigenvalue weighted by Crippen LogP contribution is -2.34. The zero-order valence-corrected chi connectivity index (χ0v) is 13.2. The summed E-state index contributed by atoms with van der Waals surface area (Å²) < 4.78 is 3.93. The molecule has 1 atom stereocenters. The van der Waals surface area contributed by atoms with Crippen LogP contribution < -0.4 is 5.32 Å². The molecule has 0 aromatic carbocycles. The Morgan fingerprint density at radius 1 is 1.25 bits per heavy atom. The van der Waals surface area contributed by atoms with Crippen molar-refractivity contribution in [3.63, 3.8) is 0 Å². The third kappa shape index (κ3) is 3.59. The first-order valence-corrected chi connectivity index (χ1v) is 7.92. The van der Waals surface area contributed by atoms with Gasteiger partial charge in [0.2, 0.25) is 0 Å². The van der Waals surface area contributed by atoms with Crippen molar-refractivity contribution in [3.05, 3.63) is 0 Å². The number of alkyl halides is 2. The molecule has 20 heavy (non-hydrogen) atoms. The van der Waals surface area contributed by atoms with E-state index in [1.165, 1.54) is 32.1 Å². The first kappa shape index (κ1) is 15.9. The molecule has 1 amide bonds. The fraction of sp³-hybridized carbons (Fsp3) is 0.857. The number of hydrogen-bond donors (Lipinski definition) is 1. The molecule has 0 bridgehead atoms. The minimum absolute atomic E-state index is 0.259. The minimum Gasteiger partial charge on any atom is -0.455 e. The molecule has 6 heteroatoms. The summed E-state index contributed by atoms with van der Waals surface area (Å²) in [6, 6.07) is 0. The van der Waals surface area contributed by atoms with Crippen LogP contribution in [0.4, 0.5) is 0 Å². The summed E-state index contributed by atoms with van der Waals surface area (Å²) in [7, 11) is 0. The topological polar surface area (TPSA) is 55.4 Å². The highest BCUT2D eigenvalue weighted by Gasteiger charge is 2.69. The highest BCUT2D eigenvalue weighted by Crippen LogP contribution is 2.64. The Labute approximate surface area is 129 Å². The molecule has 0 heterocycles. The van der Waals surface area contributed by atoms with E-state index in [0.29, 0.717) is 18.9 Å². The lowest BCUT2D eigenvalue weighted by molar-refractivity contribution is -0.153. The van der Waals surface area contributed by atoms with Crippen molar-refractivity contribution in [3.8, 4) is 0 Å². The van der Waals surface area contributed by atoms with Gasteiger partial charge in [-0.2, -0.15) is 0 Å². The van der Waals surface area contributed by atoms with Crippen LogP contribution in [0.1, 0.15) is 45.4 Å². The molecule has 2 aliphatic rings. The molecule has 4 nitrogen and oxygen atoms in total. The summed E-state index contributed by atoms with van der Waals surface area (Å²) in [5, 5.41) is 2.82. The van der Waals surface area contributed by atoms with Crippen molar-refractivity contribution in [1.29, 1.82) is 0 Å². The average Bonchev–Trinajstić information content (AvgIpc) is 2.95. The van der Waals surface area contributed by atoms with E-state index in [4.69, 9.17) is 27.9 Å². The number of ether oxygens (including phenoxy) is 1. The SMILES string of the molecule is CC1(C(=O)OCC(=O)NCC2CCCCC2)CC1(Cl)Cl. The van der Waals surface area contributed by atoms with Gasteiger partial charge in [-0.3, -0.25) is 9.59 Å². The van der Waals surface area contributed by atoms with Crippen molar-refractivity contribution in [2.45, 2.75) is 49.8 Å². The lowest BCUT2D eigenvalue weighted by atomic mass is 9.89. The van der Waals surface area contributed by atoms with E-state index in [-0.39, 0.29) is 12.5 Å². The van der Waals surface area contributed by atoms with Crippen molar-refractivity contribution < 1.29 is 14.3 Å². The van der Waals surface area contributed by atoms with E-state index in [1.807, 2.05) is 0 Å². The second-order valence-electron chi connectivity index (χ2n) is 6.10. The second kappa shape index (κ2) is 6.10. The molecule has 0 saturated heterocycles. The summed E-state index contributed by atoms with van der Waals surface area (Å²) in [4.78, 5) is 23.4. The van der Waals surface area contributed by atoms with E-state index in [0.717, 1.165) is 0 Å². The Bertz CT molecular complexity index is 394. The molecule has 2 fully saturated rings. The van der Waals surface area contributed by atoms with Crippen LogP contribution in [-0.2, 0) is 14.3 Å². The van der Waals surface area contributed by atoms with Crippen molar-refractivity contribution in [2.24, 2.45) is 11.3 Å². The number of rotatable bonds is 5. The third-order valence-corrected chi connectivity index (χ3v) is 5.46. The molecular weight excluding hydrogens is 301 g/mol. The van der Waals surface area contributed by atoms with Crippen LogP contribution >= 0.6 is 23.2 Å². The monoisotopic (exact) mass is 321 g/mol. The zero-order chi connectivity index (χ0) is 14.8. The van der Waals surface area contributed by atoms with Gasteiger partial charge in [-0.25, -0.2) is 0 Å². The van der Waals surface area contributed by atoms with Crippen LogP contribution in [0.5, 0.6) is 0 Å². The number of carbonyl (C=O) groups excluding carboxylic acids is 2. The van der Waals surface area contributed by atoms with Crippen LogP contribution in [0.15, 0.2) is 0 Å². The summed E-state index contributed by atoms with van der Waals surface area (Å²) in [5.74, 6) is -0.207. The highest BCUT2D eigenvalue weighted by atomic mass is 35.5. The standard InChI is InChI=1S/C14H21Cl2NO3/c1-13(9-14(13,15)16)12(19)20-8-11(18)17-7-10-5-3-2-4-6-10/h10H,2-9H2,1H3,(H,17,18). The first-order valence-electron chi connectivity index (χ1n) is 7.17. The van der Waals surface area contributed by atoms with Gasteiger partial charge >= 0.3 is 5.97 Å². The summed E-state index contributed by atoms with van der Waals surface area (Å²) in [5.41, 5.74) is -0.875. The molecule has 0 aromatic rings. The molecule has 2 rings (SSSR count). The predicted molar refractivity (Wildman–Crippen MR) is 77.7 cm³/mol. The number of hydrogen-bond acceptors (Lipinski definition) is 3. The van der Waals surface area contributed by atoms with Crippen molar-refractivity contribution in [2.75, 3.05) is 13.2 Å². The molecule has 0 aliphatic heterocycles. The Morgan fingerprint density at radius 3 is 2.40 bits per heavy atom. The molecule has 0 aromatic heterocycles. The maximum atomic E-state index is 11.8. The molecule has 0 radical (unpaired) electrons. The number of amides is 1. The second-order valence-corrected chi connectivity index (χ2v) is 7.58. The predicted octanol–water partition coefficient (Wildman–Crippen LogP) is 2.81. The molecule has 2 aliphatic carbocycles. The van der Waals surface area contributed by atoms with Crippen molar-refractivity contribution in [1.82, 2.24) is 5.32 Å². The van der Waals surface area contributed by atoms with Gasteiger partial charge in [-0.15, -0.1) is 23.2 Å². The maximum absolute atomic E-state index is 11.8. The quantitative estimate of drug-likeness (QED) is 0.625. The van der Waals surface area contributed by atoms with Crippen molar-refractivity contribution >= 4 is 35.1 Å². The molecule has 1 unspecified atom stereocenters. The van der Waals surface area contributed by atoms with E-state index in [2.05, 4.69) is 5.32 Å². The molecular formula is C14H21Cl2NO3. The van der Waals surface area contributed by atoms with E-state index in [9.17, 15) is 9.59 Å². The largest absolute Gasteiger partial charge is 0.455 e. The fourth-order valence-corrected chi connectivity index (χ4v) is 3.30. The number of halogens is 2. The van der Waals surface area contributed by atoms with Crippen LogP contribution in [0, 0.1) is 11.3 Å². The minimum atomic E-state index is -1.05. The summed E-state index contributed by atoms with van der Waals surface area (Å²) in [6.45, 7) is 2.06. The van der Waals surface area contributed by atoms with E-state index in [1.54, 1.807) is 6.92 Å². The summed E-state index contributed by atoms with van der Waals surface area (Å²) >= 11 is 11.8. The third-order valence-electron chi connectivity index (χ3n) is 4.36. The Hall–Kier alpha value is -0.480. The van der Waals surface area contributed by atoms with Gasteiger partial charge in [-0.1, -0.05) is 19.3 Å². The van der Waals surface area contributed by atoms with Crippen LogP contribution in [-0.4, -0.2) is 29.4 Å². The average molecular weight is 322 g/mol. The normalized spacial score (nSPS) is 28.8. The molecule has 1 N–H and O–H groups in total. The number of nitrogens with one attached hydrogen (secondary N) is 1. The first-order chi connectivity index (χ1) is 9.35. The molecule has 2 saturated carbocycles. The van der Waals surface area contributed by atoms with Gasteiger partial charge in [0, 0.05) is 13.0 Å². The van der Waals surface area contributed by atoms with Crippen LogP contribution in [0.3, 0.4) is 0 Å². The molecule has 114 valence electrons.